The molecule has 0 atom stereocenters. The lowest BCUT2D eigenvalue weighted by Gasteiger charge is -2.32. The minimum absolute atomic E-state index is 0.0162. The van der Waals surface area contributed by atoms with E-state index in [1.165, 1.54) is 6.07 Å². The standard InChI is InChI=1S/C17H23FN6O.CH2O2/c1-13-20-21-22-24(13)11-8-17(25)19-15-6-9-23(10-7-15)12-14-4-2-3-5-16(14)18;2-1-3/h2-5,15H,6-12H2,1H3,(H,19,25);1H,(H,2,3). The second kappa shape index (κ2) is 11.1. The first-order valence-electron chi connectivity index (χ1n) is 9.09. The van der Waals surface area contributed by atoms with Crippen LogP contribution in [0.15, 0.2) is 24.3 Å². The molecule has 1 aliphatic rings. The number of aryl methyl sites for hydroxylation is 2. The molecular weight excluding hydrogens is 367 g/mol. The fourth-order valence-electron chi connectivity index (χ4n) is 3.07. The van der Waals surface area contributed by atoms with Crippen LogP contribution in [0.4, 0.5) is 4.39 Å². The highest BCUT2D eigenvalue weighted by Gasteiger charge is 2.21. The van der Waals surface area contributed by atoms with E-state index in [2.05, 4.69) is 25.7 Å². The summed E-state index contributed by atoms with van der Waals surface area (Å²) in [6.07, 6.45) is 2.12. The average molecular weight is 392 g/mol. The Morgan fingerprint density at radius 1 is 1.36 bits per heavy atom. The lowest BCUT2D eigenvalue weighted by atomic mass is 10.0. The monoisotopic (exact) mass is 392 g/mol. The lowest BCUT2D eigenvalue weighted by molar-refractivity contribution is -0.123. The number of likely N-dealkylation sites (tertiary alicyclic amines) is 1. The fourth-order valence-corrected chi connectivity index (χ4v) is 3.07. The van der Waals surface area contributed by atoms with E-state index in [4.69, 9.17) is 9.90 Å². The molecule has 0 spiro atoms. The Hall–Kier alpha value is -2.88. The van der Waals surface area contributed by atoms with Crippen molar-refractivity contribution in [1.29, 1.82) is 0 Å². The maximum absolute atomic E-state index is 13.7. The predicted octanol–water partition coefficient (Wildman–Crippen LogP) is 0.992. The smallest absolute Gasteiger partial charge is 0.290 e. The Kier molecular flexibility index (Phi) is 8.47. The van der Waals surface area contributed by atoms with E-state index in [-0.39, 0.29) is 24.2 Å². The van der Waals surface area contributed by atoms with Gasteiger partial charge in [0.25, 0.3) is 6.47 Å². The van der Waals surface area contributed by atoms with Crippen LogP contribution in [0.5, 0.6) is 0 Å². The van der Waals surface area contributed by atoms with Crippen molar-refractivity contribution in [3.05, 3.63) is 41.5 Å². The highest BCUT2D eigenvalue weighted by atomic mass is 19.1. The molecule has 28 heavy (non-hydrogen) atoms. The van der Waals surface area contributed by atoms with Crippen LogP contribution in [0.25, 0.3) is 0 Å². The van der Waals surface area contributed by atoms with E-state index in [1.54, 1.807) is 10.7 Å². The minimum Gasteiger partial charge on any atom is -0.483 e. The van der Waals surface area contributed by atoms with Crippen LogP contribution < -0.4 is 5.32 Å². The molecular formula is C18H25FN6O3. The van der Waals surface area contributed by atoms with Gasteiger partial charge in [0.15, 0.2) is 0 Å². The second-order valence-electron chi connectivity index (χ2n) is 6.51. The van der Waals surface area contributed by atoms with Crippen LogP contribution in [-0.2, 0) is 22.7 Å². The van der Waals surface area contributed by atoms with Crippen molar-refractivity contribution in [1.82, 2.24) is 30.4 Å². The van der Waals surface area contributed by atoms with Gasteiger partial charge in [-0.2, -0.15) is 0 Å². The SMILES string of the molecule is Cc1nnnn1CCC(=O)NC1CCN(Cc2ccccc2F)CC1.O=CO. The molecule has 152 valence electrons. The van der Waals surface area contributed by atoms with Gasteiger partial charge in [-0.1, -0.05) is 18.2 Å². The third-order valence-electron chi connectivity index (χ3n) is 4.57. The van der Waals surface area contributed by atoms with Crippen molar-refractivity contribution in [3.8, 4) is 0 Å². The number of hydrogen-bond acceptors (Lipinski definition) is 6. The van der Waals surface area contributed by atoms with Crippen LogP contribution in [0.2, 0.25) is 0 Å². The number of benzene rings is 1. The molecule has 1 saturated heterocycles. The summed E-state index contributed by atoms with van der Waals surface area (Å²) >= 11 is 0. The largest absolute Gasteiger partial charge is 0.483 e. The van der Waals surface area contributed by atoms with Crippen LogP contribution in [0.1, 0.15) is 30.7 Å². The van der Waals surface area contributed by atoms with E-state index in [0.29, 0.717) is 25.3 Å². The number of aromatic nitrogens is 4. The summed E-state index contributed by atoms with van der Waals surface area (Å²) in [5, 5.41) is 21.2. The second-order valence-corrected chi connectivity index (χ2v) is 6.51. The van der Waals surface area contributed by atoms with Gasteiger partial charge in [-0.05, 0) is 36.3 Å². The van der Waals surface area contributed by atoms with Crippen LogP contribution >= 0.6 is 0 Å². The lowest BCUT2D eigenvalue weighted by Crippen LogP contribution is -2.44. The minimum atomic E-state index is -0.250. The van der Waals surface area contributed by atoms with Gasteiger partial charge >= 0.3 is 0 Å². The van der Waals surface area contributed by atoms with Crippen molar-refractivity contribution in [2.45, 2.75) is 45.3 Å². The molecule has 9 nitrogen and oxygen atoms in total. The van der Waals surface area contributed by atoms with E-state index in [1.807, 2.05) is 19.1 Å². The number of rotatable bonds is 6. The molecule has 0 aliphatic carbocycles. The summed E-state index contributed by atoms with van der Waals surface area (Å²) in [7, 11) is 0. The zero-order valence-electron chi connectivity index (χ0n) is 15.8. The highest BCUT2D eigenvalue weighted by molar-refractivity contribution is 5.76. The number of tetrazole rings is 1. The molecule has 1 aromatic heterocycles. The molecule has 0 saturated carbocycles. The quantitative estimate of drug-likeness (QED) is 0.705. The van der Waals surface area contributed by atoms with Gasteiger partial charge in [0.05, 0.1) is 6.54 Å². The van der Waals surface area contributed by atoms with E-state index in [9.17, 15) is 9.18 Å². The number of carbonyl (C=O) groups is 2. The van der Waals surface area contributed by atoms with Gasteiger partial charge in [-0.25, -0.2) is 9.07 Å². The van der Waals surface area contributed by atoms with Crippen LogP contribution in [-0.4, -0.2) is 61.7 Å². The summed E-state index contributed by atoms with van der Waals surface area (Å²) < 4.78 is 15.3. The van der Waals surface area contributed by atoms with Crippen molar-refractivity contribution in [3.63, 3.8) is 0 Å². The van der Waals surface area contributed by atoms with Crippen molar-refractivity contribution in [2.24, 2.45) is 0 Å². The Labute approximate surface area is 162 Å². The maximum Gasteiger partial charge on any atom is 0.290 e. The Bertz CT molecular complexity index is 761. The molecule has 3 rings (SSSR count). The molecule has 0 radical (unpaired) electrons. The number of piperidine rings is 1. The number of nitrogens with one attached hydrogen (secondary N) is 1. The number of carboxylic acid groups (broad SMARTS) is 1. The summed E-state index contributed by atoms with van der Waals surface area (Å²) in [5.41, 5.74) is 0.724. The van der Waals surface area contributed by atoms with E-state index in [0.717, 1.165) is 31.5 Å². The van der Waals surface area contributed by atoms with Gasteiger partial charge in [0.2, 0.25) is 5.91 Å². The summed E-state index contributed by atoms with van der Waals surface area (Å²) in [6.45, 7) is 4.36. The fraction of sp³-hybridized carbons (Fsp3) is 0.500. The molecule has 0 bridgehead atoms. The number of hydrogen-bond donors (Lipinski definition) is 2. The predicted molar refractivity (Wildman–Crippen MR) is 98.7 cm³/mol. The average Bonchev–Trinajstić information content (AvgIpc) is 3.09. The maximum atomic E-state index is 13.7. The summed E-state index contributed by atoms with van der Waals surface area (Å²) in [4.78, 5) is 22.7. The molecule has 10 heteroatoms. The first-order valence-corrected chi connectivity index (χ1v) is 9.09. The van der Waals surface area contributed by atoms with Crippen molar-refractivity contribution >= 4 is 12.4 Å². The van der Waals surface area contributed by atoms with Crippen LogP contribution in [0.3, 0.4) is 0 Å². The highest BCUT2D eigenvalue weighted by Crippen LogP contribution is 2.16. The molecule has 2 heterocycles. The Morgan fingerprint density at radius 2 is 2.04 bits per heavy atom. The first kappa shape index (κ1) is 21.4. The molecule has 1 fully saturated rings. The van der Waals surface area contributed by atoms with Gasteiger partial charge < -0.3 is 10.4 Å². The molecule has 2 aromatic rings. The first-order chi connectivity index (χ1) is 13.5. The molecule has 2 N–H and O–H groups in total. The molecule has 0 unspecified atom stereocenters. The van der Waals surface area contributed by atoms with Gasteiger partial charge in [-0.15, -0.1) is 5.10 Å². The molecule has 1 aromatic carbocycles. The topological polar surface area (TPSA) is 113 Å². The van der Waals surface area contributed by atoms with Gasteiger partial charge in [0, 0.05) is 37.7 Å². The zero-order chi connectivity index (χ0) is 20.4. The third-order valence-corrected chi connectivity index (χ3v) is 4.57. The number of halogens is 1. The molecule has 1 amide bonds. The normalized spacial score (nSPS) is 14.8. The van der Waals surface area contributed by atoms with Crippen molar-refractivity contribution in [2.75, 3.05) is 13.1 Å². The van der Waals surface area contributed by atoms with Gasteiger partial charge in [0.1, 0.15) is 11.6 Å². The Morgan fingerprint density at radius 3 is 2.64 bits per heavy atom. The van der Waals surface area contributed by atoms with E-state index >= 15 is 0 Å². The van der Waals surface area contributed by atoms with Crippen LogP contribution in [0, 0.1) is 12.7 Å². The summed E-state index contributed by atoms with van der Waals surface area (Å²) in [6, 6.07) is 7.06. The number of amides is 1. The zero-order valence-corrected chi connectivity index (χ0v) is 15.8. The van der Waals surface area contributed by atoms with Crippen molar-refractivity contribution < 1.29 is 19.1 Å². The third kappa shape index (κ3) is 6.69. The molecule has 1 aliphatic heterocycles. The van der Waals surface area contributed by atoms with Gasteiger partial charge in [-0.3, -0.25) is 14.5 Å². The summed E-state index contributed by atoms with van der Waals surface area (Å²) in [5.74, 6) is 0.563. The number of carbonyl (C=O) groups excluding carboxylic acids is 1. The number of nitrogens with zero attached hydrogens (tertiary/aromatic N) is 5. The Balaban J connectivity index is 0.000000878. The van der Waals surface area contributed by atoms with E-state index < -0.39 is 0 Å².